The molecule has 0 saturated carbocycles. The zero-order valence-electron chi connectivity index (χ0n) is 17.8. The summed E-state index contributed by atoms with van der Waals surface area (Å²) in [5.74, 6) is -3.18. The molecular weight excluding hydrogens is 432 g/mol. The van der Waals surface area contributed by atoms with E-state index in [4.69, 9.17) is 4.74 Å². The van der Waals surface area contributed by atoms with Gasteiger partial charge in [-0.1, -0.05) is 0 Å². The molecule has 0 saturated heterocycles. The summed E-state index contributed by atoms with van der Waals surface area (Å²) in [7, 11) is 0. The van der Waals surface area contributed by atoms with Crippen LogP contribution in [0.1, 0.15) is 44.9 Å². The predicted molar refractivity (Wildman–Crippen MR) is 116 cm³/mol. The van der Waals surface area contributed by atoms with Crippen molar-refractivity contribution in [2.45, 2.75) is 13.8 Å². The Labute approximate surface area is 188 Å². The van der Waals surface area contributed by atoms with Crippen LogP contribution in [0.4, 0.5) is 16.2 Å². The number of anilines is 2. The SMILES string of the molecule is CCNC(=O)NC(=O)COC(=O)c1ccc2c(c1)C(=O)N(c1ccc(NC(C)=O)cc1)C2=O. The minimum absolute atomic E-state index is 0.00663. The second-order valence-corrected chi connectivity index (χ2v) is 6.92. The highest BCUT2D eigenvalue weighted by atomic mass is 16.5. The second-order valence-electron chi connectivity index (χ2n) is 6.92. The van der Waals surface area contributed by atoms with E-state index in [2.05, 4.69) is 10.6 Å². The minimum Gasteiger partial charge on any atom is -0.452 e. The van der Waals surface area contributed by atoms with E-state index in [0.29, 0.717) is 17.9 Å². The van der Waals surface area contributed by atoms with Crippen molar-refractivity contribution in [1.82, 2.24) is 10.6 Å². The van der Waals surface area contributed by atoms with Gasteiger partial charge in [-0.25, -0.2) is 14.5 Å². The van der Waals surface area contributed by atoms with Crippen LogP contribution in [-0.4, -0.2) is 48.8 Å². The van der Waals surface area contributed by atoms with Crippen LogP contribution >= 0.6 is 0 Å². The smallest absolute Gasteiger partial charge is 0.338 e. The van der Waals surface area contributed by atoms with Gasteiger partial charge in [0.2, 0.25) is 5.91 Å². The zero-order valence-corrected chi connectivity index (χ0v) is 17.8. The lowest BCUT2D eigenvalue weighted by atomic mass is 10.1. The lowest BCUT2D eigenvalue weighted by Gasteiger charge is -2.14. The normalized spacial score (nSPS) is 12.1. The number of carbonyl (C=O) groups excluding carboxylic acids is 6. The standard InChI is InChI=1S/C22H20N4O7/c1-3-23-22(32)25-18(28)11-33-21(31)13-4-9-16-17(10-13)20(30)26(19(16)29)15-7-5-14(6-8-15)24-12(2)27/h4-10H,3,11H2,1-2H3,(H,24,27)(H2,23,25,28,32). The average Bonchev–Trinajstić information content (AvgIpc) is 3.02. The van der Waals surface area contributed by atoms with E-state index in [9.17, 15) is 28.8 Å². The number of fused-ring (bicyclic) bond motifs is 1. The lowest BCUT2D eigenvalue weighted by Crippen LogP contribution is -2.41. The largest absolute Gasteiger partial charge is 0.452 e. The predicted octanol–water partition coefficient (Wildman–Crippen LogP) is 1.45. The summed E-state index contributed by atoms with van der Waals surface area (Å²) in [6.45, 7) is 2.64. The maximum absolute atomic E-state index is 12.9. The number of rotatable bonds is 6. The van der Waals surface area contributed by atoms with Crippen molar-refractivity contribution in [3.05, 3.63) is 59.2 Å². The summed E-state index contributed by atoms with van der Waals surface area (Å²) in [5, 5.41) is 6.93. The van der Waals surface area contributed by atoms with Crippen molar-refractivity contribution in [3.63, 3.8) is 0 Å². The van der Waals surface area contributed by atoms with Crippen LogP contribution in [0, 0.1) is 0 Å². The molecule has 0 unspecified atom stereocenters. The van der Waals surface area contributed by atoms with E-state index in [1.165, 1.54) is 37.3 Å². The first-order chi connectivity index (χ1) is 15.7. The molecule has 2 aromatic carbocycles. The lowest BCUT2D eigenvalue weighted by molar-refractivity contribution is -0.123. The van der Waals surface area contributed by atoms with Crippen LogP contribution in [0.2, 0.25) is 0 Å². The molecule has 1 aliphatic heterocycles. The number of imide groups is 2. The third-order valence-electron chi connectivity index (χ3n) is 4.49. The molecule has 6 amide bonds. The van der Waals surface area contributed by atoms with Gasteiger partial charge in [0.25, 0.3) is 17.7 Å². The molecule has 11 heteroatoms. The fraction of sp³-hybridized carbons (Fsp3) is 0.182. The first-order valence-electron chi connectivity index (χ1n) is 9.86. The number of carbonyl (C=O) groups is 6. The molecule has 33 heavy (non-hydrogen) atoms. The Balaban J connectivity index is 1.71. The van der Waals surface area contributed by atoms with Crippen LogP contribution in [0.25, 0.3) is 0 Å². The van der Waals surface area contributed by atoms with Crippen LogP contribution in [-0.2, 0) is 14.3 Å². The molecule has 0 atom stereocenters. The van der Waals surface area contributed by atoms with Gasteiger partial charge >= 0.3 is 12.0 Å². The molecule has 3 rings (SSSR count). The number of nitrogens with one attached hydrogen (secondary N) is 3. The van der Waals surface area contributed by atoms with E-state index in [1.807, 2.05) is 5.32 Å². The third-order valence-corrected chi connectivity index (χ3v) is 4.49. The maximum atomic E-state index is 12.9. The van der Waals surface area contributed by atoms with Gasteiger partial charge < -0.3 is 15.4 Å². The molecule has 0 spiro atoms. The Morgan fingerprint density at radius 1 is 0.939 bits per heavy atom. The van der Waals surface area contributed by atoms with Gasteiger partial charge in [-0.2, -0.15) is 0 Å². The first-order valence-corrected chi connectivity index (χ1v) is 9.86. The number of hydrogen-bond donors (Lipinski definition) is 3. The summed E-state index contributed by atoms with van der Waals surface area (Å²) >= 11 is 0. The van der Waals surface area contributed by atoms with E-state index in [-0.39, 0.29) is 22.6 Å². The summed E-state index contributed by atoms with van der Waals surface area (Å²) in [5.41, 5.74) is 0.873. The Bertz CT molecular complexity index is 1160. The van der Waals surface area contributed by atoms with Crippen molar-refractivity contribution >= 4 is 47.0 Å². The van der Waals surface area contributed by atoms with Gasteiger partial charge in [0.1, 0.15) is 0 Å². The molecular formula is C22H20N4O7. The van der Waals surface area contributed by atoms with Gasteiger partial charge in [0.15, 0.2) is 6.61 Å². The van der Waals surface area contributed by atoms with Crippen LogP contribution in [0.3, 0.4) is 0 Å². The molecule has 1 aliphatic rings. The molecule has 2 aromatic rings. The molecule has 1 heterocycles. The molecule has 0 radical (unpaired) electrons. The number of benzene rings is 2. The van der Waals surface area contributed by atoms with E-state index in [1.54, 1.807) is 19.1 Å². The fourth-order valence-corrected chi connectivity index (χ4v) is 3.08. The zero-order chi connectivity index (χ0) is 24.1. The maximum Gasteiger partial charge on any atom is 0.338 e. The number of hydrogen-bond acceptors (Lipinski definition) is 7. The van der Waals surface area contributed by atoms with Gasteiger partial charge in [-0.05, 0) is 49.4 Å². The number of esters is 1. The highest BCUT2D eigenvalue weighted by Gasteiger charge is 2.37. The molecule has 170 valence electrons. The third kappa shape index (κ3) is 5.21. The van der Waals surface area contributed by atoms with Crippen molar-refractivity contribution in [3.8, 4) is 0 Å². The first kappa shape index (κ1) is 23.1. The number of urea groups is 1. The second kappa shape index (κ2) is 9.73. The molecule has 11 nitrogen and oxygen atoms in total. The van der Waals surface area contributed by atoms with Crippen LogP contribution in [0.5, 0.6) is 0 Å². The molecule has 0 aromatic heterocycles. The fourth-order valence-electron chi connectivity index (χ4n) is 3.08. The van der Waals surface area contributed by atoms with Crippen LogP contribution in [0.15, 0.2) is 42.5 Å². The number of nitrogens with zero attached hydrogens (tertiary/aromatic N) is 1. The van der Waals surface area contributed by atoms with Gasteiger partial charge in [0.05, 0.1) is 22.4 Å². The topological polar surface area (TPSA) is 151 Å². The summed E-state index contributed by atoms with van der Waals surface area (Å²) in [6, 6.07) is 9.25. The Kier molecular flexibility index (Phi) is 6.82. The Hall–Kier alpha value is -4.54. The highest BCUT2D eigenvalue weighted by Crippen LogP contribution is 2.30. The molecule has 0 fully saturated rings. The minimum atomic E-state index is -0.901. The van der Waals surface area contributed by atoms with E-state index < -0.39 is 36.3 Å². The summed E-state index contributed by atoms with van der Waals surface area (Å²) in [6.07, 6.45) is 0. The van der Waals surface area contributed by atoms with Gasteiger partial charge in [0, 0.05) is 19.2 Å². The van der Waals surface area contributed by atoms with Crippen molar-refractivity contribution in [2.24, 2.45) is 0 Å². The van der Waals surface area contributed by atoms with Crippen molar-refractivity contribution in [1.29, 1.82) is 0 Å². The van der Waals surface area contributed by atoms with Crippen molar-refractivity contribution < 1.29 is 33.5 Å². The van der Waals surface area contributed by atoms with Crippen molar-refractivity contribution in [2.75, 3.05) is 23.4 Å². The summed E-state index contributed by atoms with van der Waals surface area (Å²) in [4.78, 5) is 72.9. The molecule has 0 aliphatic carbocycles. The summed E-state index contributed by atoms with van der Waals surface area (Å²) < 4.78 is 4.87. The Morgan fingerprint density at radius 2 is 1.61 bits per heavy atom. The van der Waals surface area contributed by atoms with Gasteiger partial charge in [-0.3, -0.25) is 24.5 Å². The Morgan fingerprint density at radius 3 is 2.24 bits per heavy atom. The molecule has 3 N–H and O–H groups in total. The van der Waals surface area contributed by atoms with E-state index in [0.717, 1.165) is 4.90 Å². The average molecular weight is 452 g/mol. The molecule has 0 bridgehead atoms. The number of ether oxygens (including phenoxy) is 1. The van der Waals surface area contributed by atoms with Crippen LogP contribution < -0.4 is 20.9 Å². The number of amides is 6. The van der Waals surface area contributed by atoms with E-state index >= 15 is 0 Å². The quantitative estimate of drug-likeness (QED) is 0.443. The van der Waals surface area contributed by atoms with Gasteiger partial charge in [-0.15, -0.1) is 0 Å². The monoisotopic (exact) mass is 452 g/mol. The highest BCUT2D eigenvalue weighted by molar-refractivity contribution is 6.34.